The molecule has 0 saturated heterocycles. The van der Waals surface area contributed by atoms with Crippen molar-refractivity contribution in [2.24, 2.45) is 0 Å². The monoisotopic (exact) mass is 382 g/mol. The van der Waals surface area contributed by atoms with Gasteiger partial charge >= 0.3 is 0 Å². The summed E-state index contributed by atoms with van der Waals surface area (Å²) >= 11 is 1.15. The van der Waals surface area contributed by atoms with Crippen molar-refractivity contribution in [2.75, 3.05) is 34.3 Å². The van der Waals surface area contributed by atoms with Crippen LogP contribution in [0.15, 0.2) is 29.6 Å². The van der Waals surface area contributed by atoms with Gasteiger partial charge in [0.1, 0.15) is 0 Å². The number of thiazole rings is 1. The number of benzene rings is 1. The van der Waals surface area contributed by atoms with Gasteiger partial charge in [0.15, 0.2) is 5.13 Å². The summed E-state index contributed by atoms with van der Waals surface area (Å²) in [6, 6.07) is 7.67. The molecule has 0 aliphatic rings. The SMILES string of the molecule is CCN(CC)c1ccc(NC(=O)Cc2csc(NS(C)(=O)=O)n2)cc1. The molecule has 9 heteroatoms. The zero-order valence-corrected chi connectivity index (χ0v) is 16.1. The predicted molar refractivity (Wildman–Crippen MR) is 103 cm³/mol. The average molecular weight is 383 g/mol. The lowest BCUT2D eigenvalue weighted by Gasteiger charge is -2.21. The number of hydrogen-bond acceptors (Lipinski definition) is 6. The number of sulfonamides is 1. The van der Waals surface area contributed by atoms with Crippen LogP contribution < -0.4 is 14.9 Å². The first kappa shape index (κ1) is 19.2. The van der Waals surface area contributed by atoms with Gasteiger partial charge in [-0.05, 0) is 38.1 Å². The Balaban J connectivity index is 1.94. The Kier molecular flexibility index (Phi) is 6.38. The number of carbonyl (C=O) groups excluding carboxylic acids is 1. The van der Waals surface area contributed by atoms with E-state index in [9.17, 15) is 13.2 Å². The molecule has 1 aromatic carbocycles. The number of anilines is 3. The summed E-state index contributed by atoms with van der Waals surface area (Å²) in [4.78, 5) is 18.4. The molecular weight excluding hydrogens is 360 g/mol. The second-order valence-corrected chi connectivity index (χ2v) is 8.07. The van der Waals surface area contributed by atoms with Gasteiger partial charge < -0.3 is 10.2 Å². The van der Waals surface area contributed by atoms with Crippen molar-refractivity contribution < 1.29 is 13.2 Å². The molecule has 25 heavy (non-hydrogen) atoms. The number of aromatic nitrogens is 1. The summed E-state index contributed by atoms with van der Waals surface area (Å²) in [7, 11) is -3.36. The molecule has 0 bridgehead atoms. The first-order chi connectivity index (χ1) is 11.8. The molecule has 0 fully saturated rings. The summed E-state index contributed by atoms with van der Waals surface area (Å²) in [5, 5.41) is 4.74. The van der Waals surface area contributed by atoms with Crippen LogP contribution in [0.1, 0.15) is 19.5 Å². The van der Waals surface area contributed by atoms with Crippen molar-refractivity contribution >= 4 is 43.8 Å². The molecule has 0 saturated carbocycles. The lowest BCUT2D eigenvalue weighted by atomic mass is 10.2. The number of nitrogens with one attached hydrogen (secondary N) is 2. The maximum absolute atomic E-state index is 12.1. The Morgan fingerprint density at radius 3 is 2.40 bits per heavy atom. The number of hydrogen-bond donors (Lipinski definition) is 2. The van der Waals surface area contributed by atoms with Crippen LogP contribution in [0.4, 0.5) is 16.5 Å². The molecular formula is C16H22N4O3S2. The van der Waals surface area contributed by atoms with Crippen LogP contribution in [0.25, 0.3) is 0 Å². The van der Waals surface area contributed by atoms with Crippen molar-refractivity contribution in [2.45, 2.75) is 20.3 Å². The van der Waals surface area contributed by atoms with Gasteiger partial charge in [0.2, 0.25) is 15.9 Å². The summed E-state index contributed by atoms with van der Waals surface area (Å²) in [6.07, 6.45) is 1.14. The van der Waals surface area contributed by atoms with Crippen LogP contribution in [0, 0.1) is 0 Å². The molecule has 0 radical (unpaired) electrons. The van der Waals surface area contributed by atoms with Crippen molar-refractivity contribution in [3.05, 3.63) is 35.3 Å². The molecule has 7 nitrogen and oxygen atoms in total. The van der Waals surface area contributed by atoms with E-state index in [1.54, 1.807) is 5.38 Å². The highest BCUT2D eigenvalue weighted by molar-refractivity contribution is 7.92. The van der Waals surface area contributed by atoms with Gasteiger partial charge in [0.05, 0.1) is 18.4 Å². The summed E-state index contributed by atoms with van der Waals surface area (Å²) < 4.78 is 24.6. The zero-order valence-electron chi connectivity index (χ0n) is 14.4. The molecule has 0 unspecified atom stereocenters. The van der Waals surface area contributed by atoms with Gasteiger partial charge in [0, 0.05) is 29.8 Å². The highest BCUT2D eigenvalue weighted by atomic mass is 32.2. The van der Waals surface area contributed by atoms with Crippen LogP contribution in [0.5, 0.6) is 0 Å². The van der Waals surface area contributed by atoms with Gasteiger partial charge in [-0.1, -0.05) is 0 Å². The second kappa shape index (κ2) is 8.30. The van der Waals surface area contributed by atoms with Crippen LogP contribution in [0.3, 0.4) is 0 Å². The van der Waals surface area contributed by atoms with Crippen LogP contribution in [-0.2, 0) is 21.2 Å². The highest BCUT2D eigenvalue weighted by Crippen LogP contribution is 2.19. The average Bonchev–Trinajstić information content (AvgIpc) is 2.94. The molecule has 2 rings (SSSR count). The quantitative estimate of drug-likeness (QED) is 0.732. The molecule has 1 heterocycles. The first-order valence-corrected chi connectivity index (χ1v) is 10.6. The Labute approximate surface area is 152 Å². The first-order valence-electron chi connectivity index (χ1n) is 7.87. The van der Waals surface area contributed by atoms with Crippen molar-refractivity contribution in [1.82, 2.24) is 4.98 Å². The van der Waals surface area contributed by atoms with E-state index in [0.717, 1.165) is 36.4 Å². The third-order valence-corrected chi connectivity index (χ3v) is 4.95. The van der Waals surface area contributed by atoms with Crippen molar-refractivity contribution in [1.29, 1.82) is 0 Å². The van der Waals surface area contributed by atoms with Gasteiger partial charge in [-0.3, -0.25) is 9.52 Å². The van der Waals surface area contributed by atoms with Crippen molar-refractivity contribution in [3.8, 4) is 0 Å². The molecule has 0 aliphatic carbocycles. The van der Waals surface area contributed by atoms with E-state index >= 15 is 0 Å². The molecule has 0 aliphatic heterocycles. The van der Waals surface area contributed by atoms with E-state index in [1.165, 1.54) is 0 Å². The lowest BCUT2D eigenvalue weighted by molar-refractivity contribution is -0.115. The number of amides is 1. The molecule has 1 aromatic heterocycles. The smallest absolute Gasteiger partial charge is 0.231 e. The van der Waals surface area contributed by atoms with Gasteiger partial charge in [-0.2, -0.15) is 0 Å². The third kappa shape index (κ3) is 6.02. The number of nitrogens with zero attached hydrogens (tertiary/aromatic N) is 2. The second-order valence-electron chi connectivity index (χ2n) is 5.46. The van der Waals surface area contributed by atoms with E-state index in [1.807, 2.05) is 24.3 Å². The fourth-order valence-electron chi connectivity index (χ4n) is 2.31. The summed E-state index contributed by atoms with van der Waals surface area (Å²) in [5.41, 5.74) is 2.35. The van der Waals surface area contributed by atoms with E-state index in [0.29, 0.717) is 11.4 Å². The normalized spacial score (nSPS) is 11.2. The minimum Gasteiger partial charge on any atom is -0.372 e. The molecule has 0 spiro atoms. The molecule has 1 amide bonds. The van der Waals surface area contributed by atoms with Crippen molar-refractivity contribution in [3.63, 3.8) is 0 Å². The molecule has 0 atom stereocenters. The van der Waals surface area contributed by atoms with Gasteiger partial charge in [0.25, 0.3) is 0 Å². The van der Waals surface area contributed by atoms with E-state index in [2.05, 4.69) is 33.8 Å². The number of rotatable bonds is 8. The largest absolute Gasteiger partial charge is 0.372 e. The van der Waals surface area contributed by atoms with E-state index in [4.69, 9.17) is 0 Å². The maximum Gasteiger partial charge on any atom is 0.231 e. The van der Waals surface area contributed by atoms with Crippen LogP contribution in [-0.4, -0.2) is 38.7 Å². The van der Waals surface area contributed by atoms with E-state index < -0.39 is 10.0 Å². The maximum atomic E-state index is 12.1. The van der Waals surface area contributed by atoms with Gasteiger partial charge in [-0.25, -0.2) is 13.4 Å². The van der Waals surface area contributed by atoms with E-state index in [-0.39, 0.29) is 17.5 Å². The van der Waals surface area contributed by atoms with Crippen LogP contribution in [0.2, 0.25) is 0 Å². The summed E-state index contributed by atoms with van der Waals surface area (Å²) in [5.74, 6) is -0.202. The van der Waals surface area contributed by atoms with Crippen LogP contribution >= 0.6 is 11.3 Å². The summed E-state index contributed by atoms with van der Waals surface area (Å²) in [6.45, 7) is 6.05. The Morgan fingerprint density at radius 1 is 1.20 bits per heavy atom. The molecule has 136 valence electrons. The van der Waals surface area contributed by atoms with Gasteiger partial charge in [-0.15, -0.1) is 11.3 Å². The lowest BCUT2D eigenvalue weighted by Crippen LogP contribution is -2.21. The predicted octanol–water partition coefficient (Wildman–Crippen LogP) is 2.54. The Morgan fingerprint density at radius 2 is 1.84 bits per heavy atom. The fourth-order valence-corrected chi connectivity index (χ4v) is 3.87. The Bertz CT molecular complexity index is 812. The molecule has 2 N–H and O–H groups in total. The zero-order chi connectivity index (χ0) is 18.4. The fraction of sp³-hybridized carbons (Fsp3) is 0.375. The minimum absolute atomic E-state index is 0.0831. The molecule has 2 aromatic rings. The minimum atomic E-state index is -3.36. The Hall–Kier alpha value is -2.13. The highest BCUT2D eigenvalue weighted by Gasteiger charge is 2.11. The third-order valence-electron chi connectivity index (χ3n) is 3.45. The standard InChI is InChI=1S/C16H22N4O3S2/c1-4-20(5-2)14-8-6-12(7-9-14)17-15(21)10-13-11-24-16(18-13)19-25(3,22)23/h6-9,11H,4-5,10H2,1-3H3,(H,17,21)(H,18,19). The topological polar surface area (TPSA) is 91.4 Å². The number of carbonyl (C=O) groups is 1.